The number of benzene rings is 1. The van der Waals surface area contributed by atoms with E-state index in [9.17, 15) is 4.79 Å². The molecular formula is C13H15ClN2OS. The van der Waals surface area contributed by atoms with Crippen LogP contribution in [0.25, 0.3) is 0 Å². The van der Waals surface area contributed by atoms with Crippen molar-refractivity contribution in [3.8, 4) is 0 Å². The Balaban J connectivity index is 1.84. The van der Waals surface area contributed by atoms with E-state index in [0.29, 0.717) is 22.7 Å². The summed E-state index contributed by atoms with van der Waals surface area (Å²) in [4.78, 5) is 11.3. The minimum Gasteiger partial charge on any atom is -0.380 e. The molecule has 1 aromatic rings. The molecule has 1 fully saturated rings. The predicted octanol–water partition coefficient (Wildman–Crippen LogP) is 3.14. The summed E-state index contributed by atoms with van der Waals surface area (Å²) in [6, 6.07) is 4.32. The first-order valence-electron chi connectivity index (χ1n) is 6.14. The summed E-state index contributed by atoms with van der Waals surface area (Å²) in [7, 11) is 0. The van der Waals surface area contributed by atoms with E-state index in [2.05, 4.69) is 17.6 Å². The summed E-state index contributed by atoms with van der Waals surface area (Å²) < 4.78 is 0. The Kier molecular flexibility index (Phi) is 3.16. The van der Waals surface area contributed by atoms with Gasteiger partial charge >= 0.3 is 0 Å². The van der Waals surface area contributed by atoms with Crippen LogP contribution < -0.4 is 10.6 Å². The van der Waals surface area contributed by atoms with E-state index in [1.54, 1.807) is 0 Å². The van der Waals surface area contributed by atoms with Crippen LogP contribution in [0, 0.1) is 0 Å². The van der Waals surface area contributed by atoms with Crippen LogP contribution in [0.1, 0.15) is 18.9 Å². The summed E-state index contributed by atoms with van der Waals surface area (Å²) in [6.45, 7) is 2.24. The molecule has 3 rings (SSSR count). The van der Waals surface area contributed by atoms with Crippen LogP contribution in [0.5, 0.6) is 0 Å². The number of carbonyl (C=O) groups is 1. The molecule has 5 heteroatoms. The van der Waals surface area contributed by atoms with Crippen molar-refractivity contribution in [3.63, 3.8) is 0 Å². The highest BCUT2D eigenvalue weighted by atomic mass is 35.5. The SMILES string of the molecule is CC1SCCC1Nc1cc2c(cc1Cl)NC(=O)C2. The number of hydrogen-bond acceptors (Lipinski definition) is 3. The summed E-state index contributed by atoms with van der Waals surface area (Å²) in [5.41, 5.74) is 2.83. The second-order valence-corrected chi connectivity index (χ2v) is 6.72. The van der Waals surface area contributed by atoms with Gasteiger partial charge in [-0.25, -0.2) is 0 Å². The van der Waals surface area contributed by atoms with Gasteiger partial charge in [0, 0.05) is 17.0 Å². The number of carbonyl (C=O) groups excluding carboxylic acids is 1. The van der Waals surface area contributed by atoms with Crippen molar-refractivity contribution in [2.24, 2.45) is 0 Å². The predicted molar refractivity (Wildman–Crippen MR) is 77.7 cm³/mol. The van der Waals surface area contributed by atoms with Gasteiger partial charge in [-0.3, -0.25) is 4.79 Å². The number of fused-ring (bicyclic) bond motifs is 1. The second-order valence-electron chi connectivity index (χ2n) is 4.83. The molecule has 0 spiro atoms. The fourth-order valence-electron chi connectivity index (χ4n) is 2.48. The molecule has 2 heterocycles. The second kappa shape index (κ2) is 4.67. The Morgan fingerprint density at radius 1 is 1.50 bits per heavy atom. The number of nitrogens with one attached hydrogen (secondary N) is 2. The quantitative estimate of drug-likeness (QED) is 0.876. The third-order valence-electron chi connectivity index (χ3n) is 3.54. The van der Waals surface area contributed by atoms with Gasteiger partial charge in [0.05, 0.1) is 17.1 Å². The molecule has 0 bridgehead atoms. The van der Waals surface area contributed by atoms with Crippen molar-refractivity contribution < 1.29 is 4.79 Å². The fourth-order valence-corrected chi connectivity index (χ4v) is 3.90. The first-order chi connectivity index (χ1) is 8.63. The summed E-state index contributed by atoms with van der Waals surface area (Å²) in [5.74, 6) is 1.24. The minimum absolute atomic E-state index is 0.0445. The van der Waals surface area contributed by atoms with Crippen LogP contribution in [0.15, 0.2) is 12.1 Å². The number of rotatable bonds is 2. The molecule has 18 heavy (non-hydrogen) atoms. The van der Waals surface area contributed by atoms with Gasteiger partial charge in [-0.1, -0.05) is 18.5 Å². The van der Waals surface area contributed by atoms with Gasteiger partial charge in [0.25, 0.3) is 0 Å². The van der Waals surface area contributed by atoms with E-state index in [4.69, 9.17) is 11.6 Å². The Labute approximate surface area is 116 Å². The lowest BCUT2D eigenvalue weighted by Crippen LogP contribution is -2.24. The number of amides is 1. The molecule has 0 saturated carbocycles. The molecule has 3 nitrogen and oxygen atoms in total. The maximum atomic E-state index is 11.3. The van der Waals surface area contributed by atoms with Crippen LogP contribution in [0.3, 0.4) is 0 Å². The molecule has 2 aliphatic heterocycles. The maximum absolute atomic E-state index is 11.3. The zero-order valence-corrected chi connectivity index (χ0v) is 11.7. The highest BCUT2D eigenvalue weighted by Crippen LogP contribution is 2.35. The Morgan fingerprint density at radius 3 is 3.06 bits per heavy atom. The van der Waals surface area contributed by atoms with Gasteiger partial charge in [-0.2, -0.15) is 11.8 Å². The molecule has 0 aliphatic carbocycles. The molecule has 1 aromatic carbocycles. The molecule has 2 N–H and O–H groups in total. The van der Waals surface area contributed by atoms with Crippen molar-refractivity contribution >= 4 is 40.6 Å². The lowest BCUT2D eigenvalue weighted by atomic mass is 10.1. The molecule has 2 aliphatic rings. The van der Waals surface area contributed by atoms with E-state index in [1.807, 2.05) is 23.9 Å². The maximum Gasteiger partial charge on any atom is 0.228 e. The third-order valence-corrected chi connectivity index (χ3v) is 5.17. The van der Waals surface area contributed by atoms with Gasteiger partial charge < -0.3 is 10.6 Å². The first kappa shape index (κ1) is 12.2. The van der Waals surface area contributed by atoms with Crippen molar-refractivity contribution in [1.29, 1.82) is 0 Å². The van der Waals surface area contributed by atoms with Gasteiger partial charge in [-0.05, 0) is 29.9 Å². The fraction of sp³-hybridized carbons (Fsp3) is 0.462. The van der Waals surface area contributed by atoms with Crippen LogP contribution >= 0.6 is 23.4 Å². The van der Waals surface area contributed by atoms with Gasteiger partial charge in [-0.15, -0.1) is 0 Å². The highest BCUT2D eigenvalue weighted by molar-refractivity contribution is 8.00. The summed E-state index contributed by atoms with van der Waals surface area (Å²) in [6.07, 6.45) is 1.62. The van der Waals surface area contributed by atoms with E-state index in [0.717, 1.165) is 23.4 Å². The van der Waals surface area contributed by atoms with Gasteiger partial charge in [0.15, 0.2) is 0 Å². The van der Waals surface area contributed by atoms with Crippen molar-refractivity contribution in [2.75, 3.05) is 16.4 Å². The van der Waals surface area contributed by atoms with Gasteiger partial charge in [0.2, 0.25) is 5.91 Å². The van der Waals surface area contributed by atoms with Gasteiger partial charge in [0.1, 0.15) is 0 Å². The Bertz CT molecular complexity index is 506. The zero-order chi connectivity index (χ0) is 12.7. The zero-order valence-electron chi connectivity index (χ0n) is 10.1. The molecule has 96 valence electrons. The molecule has 2 unspecified atom stereocenters. The monoisotopic (exact) mass is 282 g/mol. The van der Waals surface area contributed by atoms with Crippen LogP contribution in [-0.2, 0) is 11.2 Å². The smallest absolute Gasteiger partial charge is 0.228 e. The van der Waals surface area contributed by atoms with Crippen molar-refractivity contribution in [2.45, 2.75) is 31.1 Å². The average Bonchev–Trinajstić information content (AvgIpc) is 2.85. The lowest BCUT2D eigenvalue weighted by Gasteiger charge is -2.19. The summed E-state index contributed by atoms with van der Waals surface area (Å²) >= 11 is 8.25. The van der Waals surface area contributed by atoms with Crippen molar-refractivity contribution in [1.82, 2.24) is 0 Å². The molecular weight excluding hydrogens is 268 g/mol. The number of halogens is 1. The number of hydrogen-bond donors (Lipinski definition) is 2. The third kappa shape index (κ3) is 2.19. The molecule has 0 radical (unpaired) electrons. The van der Waals surface area contributed by atoms with Crippen LogP contribution in [0.2, 0.25) is 5.02 Å². The largest absolute Gasteiger partial charge is 0.380 e. The van der Waals surface area contributed by atoms with Crippen LogP contribution in [0.4, 0.5) is 11.4 Å². The first-order valence-corrected chi connectivity index (χ1v) is 7.56. The highest BCUT2D eigenvalue weighted by Gasteiger charge is 2.25. The van der Waals surface area contributed by atoms with E-state index >= 15 is 0 Å². The normalized spacial score (nSPS) is 26.0. The Morgan fingerprint density at radius 2 is 2.33 bits per heavy atom. The lowest BCUT2D eigenvalue weighted by molar-refractivity contribution is -0.115. The van der Waals surface area contributed by atoms with E-state index < -0.39 is 0 Å². The summed E-state index contributed by atoms with van der Waals surface area (Å²) in [5, 5.41) is 7.61. The molecule has 0 aromatic heterocycles. The van der Waals surface area contributed by atoms with Crippen LogP contribution in [-0.4, -0.2) is 23.0 Å². The van der Waals surface area contributed by atoms with E-state index in [-0.39, 0.29) is 5.91 Å². The average molecular weight is 283 g/mol. The topological polar surface area (TPSA) is 41.1 Å². The van der Waals surface area contributed by atoms with Crippen molar-refractivity contribution in [3.05, 3.63) is 22.7 Å². The molecule has 2 atom stereocenters. The standard InChI is InChI=1S/C13H15ClN2OS/c1-7-10(2-3-18-7)15-12-4-8-5-13(17)16-11(8)6-9(12)14/h4,6-7,10,15H,2-3,5H2,1H3,(H,16,17). The van der Waals surface area contributed by atoms with E-state index in [1.165, 1.54) is 5.75 Å². The number of anilines is 2. The molecule has 1 amide bonds. The number of thioether (sulfide) groups is 1. The minimum atomic E-state index is 0.0445. The Hall–Kier alpha value is -0.870. The molecule has 1 saturated heterocycles.